The van der Waals surface area contributed by atoms with E-state index in [1.54, 1.807) is 12.4 Å². The van der Waals surface area contributed by atoms with Gasteiger partial charge in [-0.3, -0.25) is 4.98 Å². The SMILES string of the molecule is CCc1cc(N2CC[C@@H](NC(=O)OC(C)(C)C)C2)nc(-c2ccncc2)n1. The molecule has 1 aliphatic heterocycles. The van der Waals surface area contributed by atoms with Crippen molar-refractivity contribution in [2.75, 3.05) is 18.0 Å². The topological polar surface area (TPSA) is 80.2 Å². The summed E-state index contributed by atoms with van der Waals surface area (Å²) in [5, 5.41) is 2.96. The molecular weight excluding hydrogens is 342 g/mol. The van der Waals surface area contributed by atoms with Gasteiger partial charge in [-0.2, -0.15) is 0 Å². The van der Waals surface area contributed by atoms with Crippen molar-refractivity contribution in [1.82, 2.24) is 20.3 Å². The van der Waals surface area contributed by atoms with Crippen molar-refractivity contribution in [2.24, 2.45) is 0 Å². The summed E-state index contributed by atoms with van der Waals surface area (Å²) >= 11 is 0. The first-order valence-corrected chi connectivity index (χ1v) is 9.37. The van der Waals surface area contributed by atoms with Crippen molar-refractivity contribution in [3.05, 3.63) is 36.3 Å². The van der Waals surface area contributed by atoms with Crippen molar-refractivity contribution in [1.29, 1.82) is 0 Å². The number of rotatable bonds is 4. The lowest BCUT2D eigenvalue weighted by Gasteiger charge is -2.22. The highest BCUT2D eigenvalue weighted by Gasteiger charge is 2.27. The molecule has 0 bridgehead atoms. The van der Waals surface area contributed by atoms with Crippen molar-refractivity contribution < 1.29 is 9.53 Å². The van der Waals surface area contributed by atoms with Crippen molar-refractivity contribution in [3.8, 4) is 11.4 Å². The number of hydrogen-bond donors (Lipinski definition) is 1. The summed E-state index contributed by atoms with van der Waals surface area (Å²) in [6, 6.07) is 5.90. The molecule has 1 atom stereocenters. The van der Waals surface area contributed by atoms with E-state index in [0.717, 1.165) is 36.5 Å². The van der Waals surface area contributed by atoms with Gasteiger partial charge in [-0.15, -0.1) is 0 Å². The third kappa shape index (κ3) is 5.15. The molecule has 2 aromatic heterocycles. The van der Waals surface area contributed by atoms with Crippen LogP contribution in [0.15, 0.2) is 30.6 Å². The molecule has 2 aromatic rings. The van der Waals surface area contributed by atoms with Crippen LogP contribution in [-0.2, 0) is 11.2 Å². The molecule has 144 valence electrons. The summed E-state index contributed by atoms with van der Waals surface area (Å²) in [6.45, 7) is 9.20. The van der Waals surface area contributed by atoms with E-state index in [0.29, 0.717) is 12.4 Å². The zero-order chi connectivity index (χ0) is 19.4. The van der Waals surface area contributed by atoms with Crippen LogP contribution in [0.5, 0.6) is 0 Å². The number of nitrogens with zero attached hydrogens (tertiary/aromatic N) is 4. The van der Waals surface area contributed by atoms with Crippen LogP contribution in [-0.4, -0.2) is 45.8 Å². The molecule has 0 unspecified atom stereocenters. The lowest BCUT2D eigenvalue weighted by Crippen LogP contribution is -2.40. The highest BCUT2D eigenvalue weighted by molar-refractivity contribution is 5.68. The molecule has 7 nitrogen and oxygen atoms in total. The number of nitrogens with one attached hydrogen (secondary N) is 1. The van der Waals surface area contributed by atoms with Crippen LogP contribution in [0, 0.1) is 0 Å². The Balaban J connectivity index is 1.72. The van der Waals surface area contributed by atoms with Crippen LogP contribution < -0.4 is 10.2 Å². The number of aromatic nitrogens is 3. The van der Waals surface area contributed by atoms with Crippen molar-refractivity contribution in [3.63, 3.8) is 0 Å². The summed E-state index contributed by atoms with van der Waals surface area (Å²) in [4.78, 5) is 27.7. The fraction of sp³-hybridized carbons (Fsp3) is 0.500. The van der Waals surface area contributed by atoms with E-state index < -0.39 is 5.60 Å². The number of anilines is 1. The predicted molar refractivity (Wildman–Crippen MR) is 105 cm³/mol. The maximum Gasteiger partial charge on any atom is 0.407 e. The molecule has 1 aliphatic rings. The van der Waals surface area contributed by atoms with E-state index in [1.165, 1.54) is 0 Å². The lowest BCUT2D eigenvalue weighted by molar-refractivity contribution is 0.0509. The summed E-state index contributed by atoms with van der Waals surface area (Å²) in [6.07, 6.45) is 4.81. The van der Waals surface area contributed by atoms with E-state index in [9.17, 15) is 4.79 Å². The van der Waals surface area contributed by atoms with Gasteiger partial charge in [0.1, 0.15) is 11.4 Å². The van der Waals surface area contributed by atoms with Crippen LogP contribution >= 0.6 is 0 Å². The van der Waals surface area contributed by atoms with Crippen LogP contribution in [0.3, 0.4) is 0 Å². The predicted octanol–water partition coefficient (Wildman–Crippen LogP) is 3.20. The van der Waals surface area contributed by atoms with Gasteiger partial charge < -0.3 is 15.0 Å². The monoisotopic (exact) mass is 369 g/mol. The Kier molecular flexibility index (Phi) is 5.58. The van der Waals surface area contributed by atoms with Crippen molar-refractivity contribution in [2.45, 2.75) is 52.2 Å². The Morgan fingerprint density at radius 3 is 2.70 bits per heavy atom. The Labute approximate surface area is 160 Å². The van der Waals surface area contributed by atoms with E-state index in [-0.39, 0.29) is 12.1 Å². The van der Waals surface area contributed by atoms with Crippen LogP contribution in [0.25, 0.3) is 11.4 Å². The first kappa shape index (κ1) is 19.1. The minimum atomic E-state index is -0.496. The smallest absolute Gasteiger partial charge is 0.407 e. The molecule has 1 fully saturated rings. The zero-order valence-corrected chi connectivity index (χ0v) is 16.4. The molecule has 1 N–H and O–H groups in total. The molecule has 1 amide bonds. The minimum absolute atomic E-state index is 0.0456. The second-order valence-corrected chi connectivity index (χ2v) is 7.71. The quantitative estimate of drug-likeness (QED) is 0.891. The van der Waals surface area contributed by atoms with Gasteiger partial charge in [0.2, 0.25) is 0 Å². The fourth-order valence-corrected chi connectivity index (χ4v) is 3.02. The Bertz CT molecular complexity index is 789. The maximum absolute atomic E-state index is 12.0. The zero-order valence-electron chi connectivity index (χ0n) is 16.4. The summed E-state index contributed by atoms with van der Waals surface area (Å²) < 4.78 is 5.35. The summed E-state index contributed by atoms with van der Waals surface area (Å²) in [5.74, 6) is 1.59. The maximum atomic E-state index is 12.0. The highest BCUT2D eigenvalue weighted by Crippen LogP contribution is 2.23. The fourth-order valence-electron chi connectivity index (χ4n) is 3.02. The molecule has 7 heteroatoms. The number of carbonyl (C=O) groups excluding carboxylic acids is 1. The Morgan fingerprint density at radius 1 is 1.30 bits per heavy atom. The van der Waals surface area contributed by atoms with Gasteiger partial charge in [-0.25, -0.2) is 14.8 Å². The van der Waals surface area contributed by atoms with Gasteiger partial charge in [-0.1, -0.05) is 6.92 Å². The van der Waals surface area contributed by atoms with Gasteiger partial charge in [0.05, 0.1) is 6.04 Å². The molecule has 27 heavy (non-hydrogen) atoms. The number of ether oxygens (including phenoxy) is 1. The van der Waals surface area contributed by atoms with Crippen LogP contribution in [0.4, 0.5) is 10.6 Å². The standard InChI is InChI=1S/C20H27N5O2/c1-5-15-12-17(24-18(22-15)14-6-9-21-10-7-14)25-11-8-16(13-25)23-19(26)27-20(2,3)4/h6-7,9-10,12,16H,5,8,11,13H2,1-4H3,(H,23,26)/t16-/m1/s1. The molecule has 0 saturated carbocycles. The normalized spacial score (nSPS) is 17.0. The average molecular weight is 369 g/mol. The van der Waals surface area contributed by atoms with Crippen molar-refractivity contribution >= 4 is 11.9 Å². The van der Waals surface area contributed by atoms with Gasteiger partial charge in [0.15, 0.2) is 5.82 Å². The second kappa shape index (κ2) is 7.90. The molecule has 3 heterocycles. The molecule has 0 aliphatic carbocycles. The number of amides is 1. The van der Waals surface area contributed by atoms with Gasteiger partial charge in [0.25, 0.3) is 0 Å². The summed E-state index contributed by atoms with van der Waals surface area (Å²) in [5.41, 5.74) is 1.45. The molecule has 0 radical (unpaired) electrons. The molecule has 3 rings (SSSR count). The van der Waals surface area contributed by atoms with Gasteiger partial charge in [-0.05, 0) is 45.7 Å². The van der Waals surface area contributed by atoms with E-state index >= 15 is 0 Å². The van der Waals surface area contributed by atoms with E-state index in [2.05, 4.69) is 27.1 Å². The van der Waals surface area contributed by atoms with E-state index in [4.69, 9.17) is 9.72 Å². The molecule has 0 aromatic carbocycles. The molecular formula is C20H27N5O2. The third-order valence-corrected chi connectivity index (χ3v) is 4.30. The average Bonchev–Trinajstić information content (AvgIpc) is 3.08. The Hall–Kier alpha value is -2.70. The summed E-state index contributed by atoms with van der Waals surface area (Å²) in [7, 11) is 0. The van der Waals surface area contributed by atoms with Crippen LogP contribution in [0.2, 0.25) is 0 Å². The number of hydrogen-bond acceptors (Lipinski definition) is 6. The lowest BCUT2D eigenvalue weighted by atomic mass is 10.2. The number of carbonyl (C=O) groups is 1. The largest absolute Gasteiger partial charge is 0.444 e. The van der Waals surface area contributed by atoms with Crippen LogP contribution in [0.1, 0.15) is 39.8 Å². The second-order valence-electron chi connectivity index (χ2n) is 7.71. The minimum Gasteiger partial charge on any atom is -0.444 e. The molecule has 0 spiro atoms. The third-order valence-electron chi connectivity index (χ3n) is 4.30. The Morgan fingerprint density at radius 2 is 2.04 bits per heavy atom. The first-order valence-electron chi connectivity index (χ1n) is 9.37. The van der Waals surface area contributed by atoms with Gasteiger partial charge in [0, 0.05) is 42.8 Å². The first-order chi connectivity index (χ1) is 12.8. The highest BCUT2D eigenvalue weighted by atomic mass is 16.6. The number of alkyl carbamates (subject to hydrolysis) is 1. The van der Waals surface area contributed by atoms with E-state index in [1.807, 2.05) is 39.0 Å². The number of aryl methyl sites for hydroxylation is 1. The molecule has 1 saturated heterocycles. The number of pyridine rings is 1. The van der Waals surface area contributed by atoms with Gasteiger partial charge >= 0.3 is 6.09 Å².